The van der Waals surface area contributed by atoms with Gasteiger partial charge in [0.2, 0.25) is 0 Å². The first kappa shape index (κ1) is 14.5. The largest absolute Gasteiger partial charge is 0.378 e. The van der Waals surface area contributed by atoms with Crippen LogP contribution in [0.5, 0.6) is 0 Å². The van der Waals surface area contributed by atoms with E-state index >= 15 is 0 Å². The minimum absolute atomic E-state index is 0.161. The van der Waals surface area contributed by atoms with Gasteiger partial charge in [-0.25, -0.2) is 4.39 Å². The topological polar surface area (TPSA) is 38.0 Å². The van der Waals surface area contributed by atoms with Crippen LogP contribution in [0.4, 0.5) is 10.1 Å². The Kier molecular flexibility index (Phi) is 4.00. The van der Waals surface area contributed by atoms with Crippen LogP contribution in [0.25, 0.3) is 0 Å². The first-order valence-electron chi connectivity index (χ1n) is 7.12. The molecule has 0 saturated heterocycles. The minimum atomic E-state index is -0.253. The quantitative estimate of drug-likeness (QED) is 0.882. The number of anilines is 1. The van der Waals surface area contributed by atoms with Crippen molar-refractivity contribution in [3.05, 3.63) is 63.9 Å². The van der Waals surface area contributed by atoms with E-state index in [1.807, 2.05) is 0 Å². The summed E-state index contributed by atoms with van der Waals surface area (Å²) in [7, 11) is 0. The Morgan fingerprint density at radius 3 is 2.67 bits per heavy atom. The fraction of sp³-hybridized carbons (Fsp3) is 0.294. The van der Waals surface area contributed by atoms with Crippen LogP contribution in [0.3, 0.4) is 0 Å². The van der Waals surface area contributed by atoms with Gasteiger partial charge in [0, 0.05) is 12.2 Å². The Bertz CT molecular complexity index is 659. The number of nitrogens with two attached hydrogens (primary N) is 1. The van der Waals surface area contributed by atoms with Crippen molar-refractivity contribution in [1.29, 1.82) is 0 Å². The van der Waals surface area contributed by atoms with Gasteiger partial charge in [-0.15, -0.1) is 0 Å². The maximum atomic E-state index is 13.4. The summed E-state index contributed by atoms with van der Waals surface area (Å²) < 4.78 is 13.8. The van der Waals surface area contributed by atoms with Crippen molar-refractivity contribution in [2.24, 2.45) is 5.73 Å². The van der Waals surface area contributed by atoms with Crippen molar-refractivity contribution in [3.8, 4) is 0 Å². The molecule has 3 N–H and O–H groups in total. The second kappa shape index (κ2) is 5.78. The smallest absolute Gasteiger partial charge is 0.137 e. The van der Waals surface area contributed by atoms with Gasteiger partial charge < -0.3 is 11.1 Å². The number of hydrogen-bond acceptors (Lipinski definition) is 2. The Labute approximate surface area is 132 Å². The van der Waals surface area contributed by atoms with Gasteiger partial charge in [-0.05, 0) is 64.5 Å². The third-order valence-electron chi connectivity index (χ3n) is 4.24. The molecule has 2 nitrogen and oxygen atoms in total. The highest BCUT2D eigenvalue weighted by molar-refractivity contribution is 9.10. The SMILES string of the molecule is NCC1(Nc2ccc(F)c(Br)c2)CCc2ccccc2C1. The van der Waals surface area contributed by atoms with Gasteiger partial charge in [-0.2, -0.15) is 0 Å². The van der Waals surface area contributed by atoms with Crippen molar-refractivity contribution in [2.45, 2.75) is 24.8 Å². The van der Waals surface area contributed by atoms with Crippen LogP contribution in [0.15, 0.2) is 46.9 Å². The fourth-order valence-electron chi connectivity index (χ4n) is 3.01. The highest BCUT2D eigenvalue weighted by Crippen LogP contribution is 2.32. The second-order valence-corrected chi connectivity index (χ2v) is 6.54. The summed E-state index contributed by atoms with van der Waals surface area (Å²) in [5, 5.41) is 3.53. The molecule has 4 heteroatoms. The zero-order chi connectivity index (χ0) is 14.9. The maximum absolute atomic E-state index is 13.4. The third-order valence-corrected chi connectivity index (χ3v) is 4.85. The summed E-state index contributed by atoms with van der Waals surface area (Å²) in [6.45, 7) is 0.552. The van der Waals surface area contributed by atoms with Crippen LogP contribution in [0, 0.1) is 5.82 Å². The van der Waals surface area contributed by atoms with E-state index in [0.29, 0.717) is 11.0 Å². The van der Waals surface area contributed by atoms with Crippen molar-refractivity contribution in [3.63, 3.8) is 0 Å². The first-order valence-corrected chi connectivity index (χ1v) is 7.91. The normalized spacial score (nSPS) is 20.9. The Balaban J connectivity index is 1.86. The maximum Gasteiger partial charge on any atom is 0.137 e. The molecule has 0 radical (unpaired) electrons. The molecular formula is C17H18BrFN2. The highest BCUT2D eigenvalue weighted by atomic mass is 79.9. The van der Waals surface area contributed by atoms with Crippen LogP contribution in [-0.2, 0) is 12.8 Å². The van der Waals surface area contributed by atoms with E-state index in [4.69, 9.17) is 5.73 Å². The fourth-order valence-corrected chi connectivity index (χ4v) is 3.39. The molecule has 110 valence electrons. The second-order valence-electron chi connectivity index (χ2n) is 5.68. The monoisotopic (exact) mass is 348 g/mol. The molecule has 1 atom stereocenters. The van der Waals surface area contributed by atoms with Crippen molar-refractivity contribution < 1.29 is 4.39 Å². The van der Waals surface area contributed by atoms with Gasteiger partial charge in [0.25, 0.3) is 0 Å². The zero-order valence-electron chi connectivity index (χ0n) is 11.7. The molecule has 0 aromatic heterocycles. The number of rotatable bonds is 3. The standard InChI is InChI=1S/C17H18BrFN2/c18-15-9-14(5-6-16(15)19)21-17(11-20)8-7-12-3-1-2-4-13(12)10-17/h1-6,9,21H,7-8,10-11,20H2. The lowest BCUT2D eigenvalue weighted by Crippen LogP contribution is -2.49. The van der Waals surface area contributed by atoms with Gasteiger partial charge in [0.05, 0.1) is 10.0 Å². The number of hydrogen-bond donors (Lipinski definition) is 2. The molecule has 1 unspecified atom stereocenters. The van der Waals surface area contributed by atoms with Gasteiger partial charge in [0.1, 0.15) is 5.82 Å². The summed E-state index contributed by atoms with van der Waals surface area (Å²) in [6, 6.07) is 13.5. The third kappa shape index (κ3) is 2.97. The molecule has 0 aliphatic heterocycles. The zero-order valence-corrected chi connectivity index (χ0v) is 13.3. The van der Waals surface area contributed by atoms with Crippen LogP contribution < -0.4 is 11.1 Å². The Morgan fingerprint density at radius 1 is 1.19 bits per heavy atom. The van der Waals surface area contributed by atoms with Gasteiger partial charge >= 0.3 is 0 Å². The molecule has 21 heavy (non-hydrogen) atoms. The van der Waals surface area contributed by atoms with Gasteiger partial charge in [0.15, 0.2) is 0 Å². The Hall–Kier alpha value is -1.39. The number of aryl methyl sites for hydroxylation is 1. The average Bonchev–Trinajstić information content (AvgIpc) is 2.51. The van der Waals surface area contributed by atoms with Crippen molar-refractivity contribution >= 4 is 21.6 Å². The predicted octanol–water partition coefficient (Wildman–Crippen LogP) is 3.89. The lowest BCUT2D eigenvalue weighted by atomic mass is 9.78. The molecule has 0 spiro atoms. The number of fused-ring (bicyclic) bond motifs is 1. The molecule has 0 fully saturated rings. The van der Waals surface area contributed by atoms with E-state index in [2.05, 4.69) is 45.5 Å². The van der Waals surface area contributed by atoms with E-state index in [1.54, 1.807) is 12.1 Å². The van der Waals surface area contributed by atoms with Gasteiger partial charge in [-0.3, -0.25) is 0 Å². The number of benzene rings is 2. The summed E-state index contributed by atoms with van der Waals surface area (Å²) in [6.07, 6.45) is 2.90. The van der Waals surface area contributed by atoms with Crippen molar-refractivity contribution in [1.82, 2.24) is 0 Å². The average molecular weight is 349 g/mol. The molecule has 0 bridgehead atoms. The predicted molar refractivity (Wildman–Crippen MR) is 88.0 cm³/mol. The van der Waals surface area contributed by atoms with E-state index in [0.717, 1.165) is 24.9 Å². The van der Waals surface area contributed by atoms with Crippen LogP contribution in [0.2, 0.25) is 0 Å². The molecule has 3 rings (SSSR count). The first-order chi connectivity index (χ1) is 10.1. The number of nitrogens with one attached hydrogen (secondary N) is 1. The molecule has 2 aromatic carbocycles. The van der Waals surface area contributed by atoms with E-state index < -0.39 is 0 Å². The van der Waals surface area contributed by atoms with Crippen LogP contribution in [0.1, 0.15) is 17.5 Å². The van der Waals surface area contributed by atoms with Crippen LogP contribution in [-0.4, -0.2) is 12.1 Å². The molecule has 0 amide bonds. The number of halogens is 2. The van der Waals surface area contributed by atoms with E-state index in [1.165, 1.54) is 17.2 Å². The summed E-state index contributed by atoms with van der Waals surface area (Å²) in [5.41, 5.74) is 9.55. The summed E-state index contributed by atoms with van der Waals surface area (Å²) in [4.78, 5) is 0. The molecule has 0 saturated carbocycles. The molecule has 0 heterocycles. The molecule has 1 aliphatic carbocycles. The van der Waals surface area contributed by atoms with Crippen molar-refractivity contribution in [2.75, 3.05) is 11.9 Å². The minimum Gasteiger partial charge on any atom is -0.378 e. The van der Waals surface area contributed by atoms with E-state index in [9.17, 15) is 4.39 Å². The van der Waals surface area contributed by atoms with Crippen LogP contribution >= 0.6 is 15.9 Å². The van der Waals surface area contributed by atoms with Gasteiger partial charge in [-0.1, -0.05) is 24.3 Å². The Morgan fingerprint density at radius 2 is 1.95 bits per heavy atom. The summed E-state index contributed by atoms with van der Waals surface area (Å²) >= 11 is 3.23. The highest BCUT2D eigenvalue weighted by Gasteiger charge is 2.33. The molecule has 2 aromatic rings. The van der Waals surface area contributed by atoms with E-state index in [-0.39, 0.29) is 11.4 Å². The lowest BCUT2D eigenvalue weighted by Gasteiger charge is -2.39. The lowest BCUT2D eigenvalue weighted by molar-refractivity contribution is 0.417. The molecule has 1 aliphatic rings. The summed E-state index contributed by atoms with van der Waals surface area (Å²) in [5.74, 6) is -0.253. The molecular weight excluding hydrogens is 331 g/mol.